The van der Waals surface area contributed by atoms with Gasteiger partial charge in [-0.05, 0) is 97.9 Å². The molecule has 4 aromatic rings. The highest BCUT2D eigenvalue weighted by molar-refractivity contribution is 6.30. The van der Waals surface area contributed by atoms with Gasteiger partial charge in [-0.1, -0.05) is 78.3 Å². The predicted octanol–water partition coefficient (Wildman–Crippen LogP) is 7.11. The molecule has 0 saturated heterocycles. The van der Waals surface area contributed by atoms with E-state index in [4.69, 9.17) is 11.6 Å². The van der Waals surface area contributed by atoms with E-state index in [2.05, 4.69) is 65.3 Å². The second-order valence-electron chi connectivity index (χ2n) is 9.70. The third kappa shape index (κ3) is 10.5. The lowest BCUT2D eigenvalue weighted by atomic mass is 10.1. The molecule has 0 radical (unpaired) electrons. The average molecular weight is 563 g/mol. The first kappa shape index (κ1) is 30.4. The van der Waals surface area contributed by atoms with Gasteiger partial charge in [-0.15, -0.1) is 12.4 Å². The minimum Gasteiger partial charge on any atom is -0.322 e. The Labute approximate surface area is 243 Å². The van der Waals surface area contributed by atoms with Gasteiger partial charge in [0.05, 0.1) is 0 Å². The van der Waals surface area contributed by atoms with E-state index in [1.807, 2.05) is 60.7 Å². The Bertz CT molecular complexity index is 1280. The summed E-state index contributed by atoms with van der Waals surface area (Å²) < 4.78 is 0. The molecule has 0 saturated carbocycles. The summed E-state index contributed by atoms with van der Waals surface area (Å²) in [7, 11) is 0. The summed E-state index contributed by atoms with van der Waals surface area (Å²) in [5.41, 5.74) is 6.41. The zero-order valence-corrected chi connectivity index (χ0v) is 23.9. The molecular weight excluding hydrogens is 525 g/mol. The Kier molecular flexibility index (Phi) is 12.5. The van der Waals surface area contributed by atoms with Crippen molar-refractivity contribution >= 4 is 35.6 Å². The van der Waals surface area contributed by atoms with Gasteiger partial charge < -0.3 is 16.0 Å². The largest absolute Gasteiger partial charge is 0.322 e. The maximum Gasteiger partial charge on any atom is 0.255 e. The number of amides is 1. The van der Waals surface area contributed by atoms with Crippen LogP contribution in [0.5, 0.6) is 0 Å². The second kappa shape index (κ2) is 16.1. The Morgan fingerprint density at radius 1 is 0.744 bits per heavy atom. The van der Waals surface area contributed by atoms with E-state index in [1.54, 1.807) is 0 Å². The normalized spacial score (nSPS) is 11.4. The molecule has 1 unspecified atom stereocenters. The lowest BCUT2D eigenvalue weighted by molar-refractivity contribution is 0.102. The number of nitrogens with one attached hydrogen (secondary N) is 3. The van der Waals surface area contributed by atoms with Crippen molar-refractivity contribution in [2.75, 3.05) is 18.4 Å². The average Bonchev–Trinajstić information content (AvgIpc) is 2.93. The predicted molar refractivity (Wildman–Crippen MR) is 166 cm³/mol. The van der Waals surface area contributed by atoms with Crippen LogP contribution in [0.3, 0.4) is 0 Å². The van der Waals surface area contributed by atoms with Crippen molar-refractivity contribution in [2.24, 2.45) is 0 Å². The van der Waals surface area contributed by atoms with Gasteiger partial charge in [-0.25, -0.2) is 0 Å². The van der Waals surface area contributed by atoms with E-state index in [1.165, 1.54) is 16.7 Å². The number of carbonyl (C=O) groups is 1. The number of hydrogen-bond donors (Lipinski definition) is 3. The first-order chi connectivity index (χ1) is 18.5. The van der Waals surface area contributed by atoms with Crippen LogP contribution in [0.1, 0.15) is 39.5 Å². The third-order valence-electron chi connectivity index (χ3n) is 6.53. The van der Waals surface area contributed by atoms with E-state index in [0.717, 1.165) is 55.2 Å². The van der Waals surface area contributed by atoms with Crippen LogP contribution in [0.2, 0.25) is 5.02 Å². The highest BCUT2D eigenvalue weighted by Gasteiger charge is 2.08. The fraction of sp³-hybridized carbons (Fsp3) is 0.242. The first-order valence-corrected chi connectivity index (χ1v) is 13.6. The van der Waals surface area contributed by atoms with Crippen LogP contribution < -0.4 is 16.0 Å². The molecule has 39 heavy (non-hydrogen) atoms. The zero-order valence-electron chi connectivity index (χ0n) is 22.3. The molecule has 0 aromatic heterocycles. The Morgan fingerprint density at radius 2 is 1.41 bits per heavy atom. The van der Waals surface area contributed by atoms with Gasteiger partial charge in [0, 0.05) is 28.9 Å². The maximum absolute atomic E-state index is 12.7. The summed E-state index contributed by atoms with van der Waals surface area (Å²) in [6.45, 7) is 4.79. The number of hydrogen-bond acceptors (Lipinski definition) is 3. The minimum atomic E-state index is -0.0996. The van der Waals surface area contributed by atoms with Crippen LogP contribution in [0.15, 0.2) is 103 Å². The summed E-state index contributed by atoms with van der Waals surface area (Å²) >= 11 is 6.07. The molecule has 3 N–H and O–H groups in total. The monoisotopic (exact) mass is 561 g/mol. The molecule has 0 fully saturated rings. The molecule has 0 bridgehead atoms. The lowest BCUT2D eigenvalue weighted by Crippen LogP contribution is -2.30. The van der Waals surface area contributed by atoms with Gasteiger partial charge in [-0.3, -0.25) is 4.79 Å². The topological polar surface area (TPSA) is 53.2 Å². The number of halogens is 2. The quantitative estimate of drug-likeness (QED) is 0.152. The van der Waals surface area contributed by atoms with Crippen LogP contribution >= 0.6 is 24.0 Å². The van der Waals surface area contributed by atoms with E-state index < -0.39 is 0 Å². The summed E-state index contributed by atoms with van der Waals surface area (Å²) in [4.78, 5) is 12.7. The van der Waals surface area contributed by atoms with Crippen LogP contribution in [-0.4, -0.2) is 25.0 Å². The van der Waals surface area contributed by atoms with Crippen molar-refractivity contribution in [3.05, 3.63) is 136 Å². The molecule has 0 heterocycles. The van der Waals surface area contributed by atoms with Crippen molar-refractivity contribution in [3.63, 3.8) is 0 Å². The first-order valence-electron chi connectivity index (χ1n) is 13.3. The molecule has 6 heteroatoms. The standard InChI is InChI=1S/C33H36ClN3O.ClH/c1-25(36-21-19-27-8-5-9-31(34)23-27)22-28-12-16-32(17-13-28)37-33(38)30-14-10-29(11-15-30)24-35-20-18-26-6-3-2-4-7-26;/h2-17,23,25,35-36H,18-22,24H2,1H3,(H,37,38);1H. The summed E-state index contributed by atoms with van der Waals surface area (Å²) in [5, 5.41) is 10.8. The smallest absolute Gasteiger partial charge is 0.255 e. The number of anilines is 1. The van der Waals surface area contributed by atoms with E-state index in [9.17, 15) is 4.79 Å². The Balaban J connectivity index is 0.00000420. The molecule has 0 aliphatic rings. The van der Waals surface area contributed by atoms with Crippen molar-refractivity contribution in [3.8, 4) is 0 Å². The Morgan fingerprint density at radius 3 is 2.13 bits per heavy atom. The molecule has 0 aliphatic carbocycles. The molecule has 1 amide bonds. The van der Waals surface area contributed by atoms with E-state index >= 15 is 0 Å². The molecule has 0 spiro atoms. The second-order valence-corrected chi connectivity index (χ2v) is 10.1. The molecular formula is C33H37Cl2N3O. The molecule has 1 atom stereocenters. The van der Waals surface area contributed by atoms with Crippen LogP contribution in [0.25, 0.3) is 0 Å². The number of benzene rings is 4. The number of carbonyl (C=O) groups excluding carboxylic acids is 1. The summed E-state index contributed by atoms with van der Waals surface area (Å²) in [6, 6.07) is 34.7. The third-order valence-corrected chi connectivity index (χ3v) is 6.76. The van der Waals surface area contributed by atoms with Crippen LogP contribution in [0.4, 0.5) is 5.69 Å². The summed E-state index contributed by atoms with van der Waals surface area (Å²) in [6.07, 6.45) is 2.87. The Hall–Kier alpha value is -3.15. The van der Waals surface area contributed by atoms with Crippen LogP contribution in [0, 0.1) is 0 Å². The SMILES string of the molecule is CC(Cc1ccc(NC(=O)c2ccc(CNCCc3ccccc3)cc2)cc1)NCCc1cccc(Cl)c1.Cl. The van der Waals surface area contributed by atoms with E-state index in [-0.39, 0.29) is 18.3 Å². The van der Waals surface area contributed by atoms with Crippen molar-refractivity contribution in [1.29, 1.82) is 0 Å². The van der Waals surface area contributed by atoms with Crippen LogP contribution in [-0.2, 0) is 25.8 Å². The fourth-order valence-electron chi connectivity index (χ4n) is 4.39. The molecule has 4 aromatic carbocycles. The minimum absolute atomic E-state index is 0. The zero-order chi connectivity index (χ0) is 26.6. The van der Waals surface area contributed by atoms with Gasteiger partial charge in [0.25, 0.3) is 5.91 Å². The summed E-state index contributed by atoms with van der Waals surface area (Å²) in [5.74, 6) is -0.0996. The highest BCUT2D eigenvalue weighted by atomic mass is 35.5. The maximum atomic E-state index is 12.7. The molecule has 0 aliphatic heterocycles. The fourth-order valence-corrected chi connectivity index (χ4v) is 4.61. The molecule has 204 valence electrons. The van der Waals surface area contributed by atoms with Gasteiger partial charge in [0.2, 0.25) is 0 Å². The van der Waals surface area contributed by atoms with Crippen molar-refractivity contribution < 1.29 is 4.79 Å². The van der Waals surface area contributed by atoms with E-state index in [0.29, 0.717) is 11.6 Å². The molecule has 4 nitrogen and oxygen atoms in total. The van der Waals surface area contributed by atoms with Gasteiger partial charge in [-0.2, -0.15) is 0 Å². The van der Waals surface area contributed by atoms with Crippen molar-refractivity contribution in [1.82, 2.24) is 10.6 Å². The number of rotatable bonds is 13. The highest BCUT2D eigenvalue weighted by Crippen LogP contribution is 2.14. The van der Waals surface area contributed by atoms with Gasteiger partial charge in [0.15, 0.2) is 0 Å². The van der Waals surface area contributed by atoms with Gasteiger partial charge >= 0.3 is 0 Å². The lowest BCUT2D eigenvalue weighted by Gasteiger charge is -2.14. The van der Waals surface area contributed by atoms with Crippen molar-refractivity contribution in [2.45, 2.75) is 38.8 Å². The van der Waals surface area contributed by atoms with Gasteiger partial charge in [0.1, 0.15) is 0 Å². The molecule has 4 rings (SSSR count).